The van der Waals surface area contributed by atoms with Crippen molar-refractivity contribution in [3.05, 3.63) is 52.4 Å². The summed E-state index contributed by atoms with van der Waals surface area (Å²) >= 11 is 3.15. The molecule has 2 amide bonds. The summed E-state index contributed by atoms with van der Waals surface area (Å²) in [6, 6.07) is 8.02. The number of carbonyl (C=O) groups is 3. The normalized spacial score (nSPS) is 14.8. The molecule has 0 atom stereocenters. The largest absolute Gasteiger partial charge is 0.459 e. The van der Waals surface area contributed by atoms with E-state index in [0.29, 0.717) is 47.4 Å². The Kier molecular flexibility index (Phi) is 7.04. The molecule has 2 aromatic rings. The van der Waals surface area contributed by atoms with Crippen LogP contribution in [-0.4, -0.2) is 47.7 Å². The van der Waals surface area contributed by atoms with Crippen LogP contribution in [0.5, 0.6) is 0 Å². The van der Waals surface area contributed by atoms with Crippen LogP contribution in [0, 0.1) is 0 Å². The fourth-order valence-corrected chi connectivity index (χ4v) is 3.36. The fraction of sp³-hybridized carbons (Fsp3) is 0.409. The van der Waals surface area contributed by atoms with Gasteiger partial charge in [0.25, 0.3) is 5.91 Å². The molecule has 1 fully saturated rings. The van der Waals surface area contributed by atoms with E-state index in [2.05, 4.69) is 21.2 Å². The number of amides is 2. The fourth-order valence-electron chi connectivity index (χ4n) is 3.02. The Morgan fingerprint density at radius 3 is 2.29 bits per heavy atom. The van der Waals surface area contributed by atoms with E-state index in [9.17, 15) is 14.4 Å². The van der Waals surface area contributed by atoms with Crippen molar-refractivity contribution in [1.29, 1.82) is 0 Å². The van der Waals surface area contributed by atoms with E-state index in [4.69, 9.17) is 13.9 Å². The molecule has 31 heavy (non-hydrogen) atoms. The van der Waals surface area contributed by atoms with Crippen LogP contribution in [0.25, 0.3) is 0 Å². The zero-order valence-electron chi connectivity index (χ0n) is 17.6. The van der Waals surface area contributed by atoms with Crippen LogP contribution in [0.4, 0.5) is 10.5 Å². The molecule has 1 N–H and O–H groups in total. The summed E-state index contributed by atoms with van der Waals surface area (Å²) in [6.45, 7) is 6.43. The smallest absolute Gasteiger partial charge is 0.410 e. The average molecular weight is 493 g/mol. The third-order valence-electron chi connectivity index (χ3n) is 4.58. The van der Waals surface area contributed by atoms with E-state index in [0.717, 1.165) is 0 Å². The van der Waals surface area contributed by atoms with E-state index < -0.39 is 11.6 Å². The number of furan rings is 1. The molecule has 8 nitrogen and oxygen atoms in total. The van der Waals surface area contributed by atoms with Gasteiger partial charge in [-0.15, -0.1) is 0 Å². The lowest BCUT2D eigenvalue weighted by Crippen LogP contribution is -2.43. The van der Waals surface area contributed by atoms with Gasteiger partial charge in [0, 0.05) is 37.7 Å². The van der Waals surface area contributed by atoms with Crippen LogP contribution in [0.1, 0.15) is 54.3 Å². The summed E-state index contributed by atoms with van der Waals surface area (Å²) in [5, 5.41) is 2.73. The Hall–Kier alpha value is -2.81. The van der Waals surface area contributed by atoms with Gasteiger partial charge in [-0.1, -0.05) is 0 Å². The van der Waals surface area contributed by atoms with E-state index in [1.165, 1.54) is 6.26 Å². The summed E-state index contributed by atoms with van der Waals surface area (Å²) in [7, 11) is 0. The summed E-state index contributed by atoms with van der Waals surface area (Å²) in [5.74, 6) is -0.756. The minimum Gasteiger partial charge on any atom is -0.459 e. The highest BCUT2D eigenvalue weighted by molar-refractivity contribution is 9.10. The first-order valence-corrected chi connectivity index (χ1v) is 10.7. The summed E-state index contributed by atoms with van der Waals surface area (Å²) in [5.41, 5.74) is 0.776. The van der Waals surface area contributed by atoms with Crippen molar-refractivity contribution < 1.29 is 28.3 Å². The zero-order valence-corrected chi connectivity index (χ0v) is 19.2. The third-order valence-corrected chi connectivity index (χ3v) is 4.99. The highest BCUT2D eigenvalue weighted by Crippen LogP contribution is 2.20. The number of hydrogen-bond donors (Lipinski definition) is 1. The van der Waals surface area contributed by atoms with Crippen molar-refractivity contribution in [1.82, 2.24) is 4.90 Å². The van der Waals surface area contributed by atoms with Gasteiger partial charge < -0.3 is 24.1 Å². The standard InChI is InChI=1S/C22H25BrN2O6/c1-22(2,3)31-21(28)25-10-8-17(9-11-25)30-20(27)14-4-6-16(7-5-14)24-19(26)15-12-18(23)29-13-15/h4-7,12-13,17H,8-11H2,1-3H3,(H,24,26). The number of piperidine rings is 1. The third kappa shape index (κ3) is 6.58. The number of carbonyl (C=O) groups excluding carboxylic acids is 3. The van der Waals surface area contributed by atoms with E-state index in [1.54, 1.807) is 35.2 Å². The van der Waals surface area contributed by atoms with Crippen molar-refractivity contribution >= 4 is 39.6 Å². The van der Waals surface area contributed by atoms with Gasteiger partial charge in [0.15, 0.2) is 4.67 Å². The molecule has 0 aliphatic carbocycles. The van der Waals surface area contributed by atoms with Gasteiger partial charge in [0.2, 0.25) is 0 Å². The van der Waals surface area contributed by atoms with Crippen LogP contribution >= 0.6 is 15.9 Å². The van der Waals surface area contributed by atoms with Gasteiger partial charge in [-0.25, -0.2) is 9.59 Å². The number of esters is 1. The topological polar surface area (TPSA) is 98.1 Å². The Balaban J connectivity index is 1.48. The lowest BCUT2D eigenvalue weighted by atomic mass is 10.1. The molecule has 1 saturated heterocycles. The molecule has 0 spiro atoms. The molecule has 166 valence electrons. The second-order valence-corrected chi connectivity index (χ2v) is 9.02. The van der Waals surface area contributed by atoms with E-state index in [1.807, 2.05) is 20.8 Å². The molecule has 9 heteroatoms. The van der Waals surface area contributed by atoms with Crippen molar-refractivity contribution in [2.24, 2.45) is 0 Å². The zero-order chi connectivity index (χ0) is 22.6. The molecule has 0 radical (unpaired) electrons. The maximum atomic E-state index is 12.4. The van der Waals surface area contributed by atoms with Crippen LogP contribution < -0.4 is 5.32 Å². The quantitative estimate of drug-likeness (QED) is 0.612. The van der Waals surface area contributed by atoms with Crippen LogP contribution in [0.2, 0.25) is 0 Å². The first-order chi connectivity index (χ1) is 14.6. The number of nitrogens with one attached hydrogen (secondary N) is 1. The molecule has 1 aromatic heterocycles. The van der Waals surface area contributed by atoms with Crippen molar-refractivity contribution in [2.45, 2.75) is 45.3 Å². The Morgan fingerprint density at radius 1 is 1.10 bits per heavy atom. The maximum absolute atomic E-state index is 12.4. The predicted octanol–water partition coefficient (Wildman–Crippen LogP) is 4.85. The molecule has 1 aromatic carbocycles. The van der Waals surface area contributed by atoms with Gasteiger partial charge in [0.05, 0.1) is 11.1 Å². The number of likely N-dealkylation sites (tertiary alicyclic amines) is 1. The number of halogens is 1. The lowest BCUT2D eigenvalue weighted by Gasteiger charge is -2.33. The van der Waals surface area contributed by atoms with Gasteiger partial charge in [-0.05, 0) is 61.0 Å². The van der Waals surface area contributed by atoms with E-state index in [-0.39, 0.29) is 18.1 Å². The monoisotopic (exact) mass is 492 g/mol. The van der Waals surface area contributed by atoms with Crippen LogP contribution in [0.3, 0.4) is 0 Å². The van der Waals surface area contributed by atoms with Crippen molar-refractivity contribution in [3.8, 4) is 0 Å². The van der Waals surface area contributed by atoms with E-state index >= 15 is 0 Å². The van der Waals surface area contributed by atoms with Crippen LogP contribution in [-0.2, 0) is 9.47 Å². The molecule has 3 rings (SSSR count). The molecule has 1 aliphatic rings. The average Bonchev–Trinajstić information content (AvgIpc) is 3.14. The molecule has 1 aliphatic heterocycles. The number of ether oxygens (including phenoxy) is 2. The second kappa shape index (κ2) is 9.55. The highest BCUT2D eigenvalue weighted by atomic mass is 79.9. The molecule has 2 heterocycles. The lowest BCUT2D eigenvalue weighted by molar-refractivity contribution is -0.00341. The number of anilines is 1. The number of nitrogens with zero attached hydrogens (tertiary/aromatic N) is 1. The summed E-state index contributed by atoms with van der Waals surface area (Å²) < 4.78 is 16.5. The van der Waals surface area contributed by atoms with Gasteiger partial charge >= 0.3 is 12.1 Å². The second-order valence-electron chi connectivity index (χ2n) is 8.24. The SMILES string of the molecule is CC(C)(C)OC(=O)N1CCC(OC(=O)c2ccc(NC(=O)c3coc(Br)c3)cc2)CC1. The highest BCUT2D eigenvalue weighted by Gasteiger charge is 2.28. The number of hydrogen-bond acceptors (Lipinski definition) is 6. The van der Waals surface area contributed by atoms with Crippen molar-refractivity contribution in [2.75, 3.05) is 18.4 Å². The Labute approximate surface area is 189 Å². The summed E-state index contributed by atoms with van der Waals surface area (Å²) in [4.78, 5) is 38.3. The number of benzene rings is 1. The Bertz CT molecular complexity index is 940. The first-order valence-electron chi connectivity index (χ1n) is 9.95. The van der Waals surface area contributed by atoms with Crippen molar-refractivity contribution in [3.63, 3.8) is 0 Å². The first kappa shape index (κ1) is 22.9. The molecular formula is C22H25BrN2O6. The molecule has 0 saturated carbocycles. The molecule has 0 unspecified atom stereocenters. The molecule has 0 bridgehead atoms. The van der Waals surface area contributed by atoms with Crippen LogP contribution in [0.15, 0.2) is 45.7 Å². The maximum Gasteiger partial charge on any atom is 0.410 e. The van der Waals surface area contributed by atoms with Gasteiger partial charge in [0.1, 0.15) is 18.0 Å². The minimum atomic E-state index is -0.540. The molecular weight excluding hydrogens is 468 g/mol. The summed E-state index contributed by atoms with van der Waals surface area (Å²) in [6.07, 6.45) is 1.85. The van der Waals surface area contributed by atoms with Gasteiger partial charge in [-0.2, -0.15) is 0 Å². The minimum absolute atomic E-state index is 0.259. The number of rotatable bonds is 4. The predicted molar refractivity (Wildman–Crippen MR) is 117 cm³/mol. The Morgan fingerprint density at radius 2 is 1.74 bits per heavy atom. The van der Waals surface area contributed by atoms with Gasteiger partial charge in [-0.3, -0.25) is 4.79 Å².